The van der Waals surface area contributed by atoms with Gasteiger partial charge < -0.3 is 10.4 Å². The van der Waals surface area contributed by atoms with Gasteiger partial charge in [-0.15, -0.1) is 0 Å². The average molecular weight is 463 g/mol. The summed E-state index contributed by atoms with van der Waals surface area (Å²) in [5.41, 5.74) is -3.86. The van der Waals surface area contributed by atoms with E-state index in [2.05, 4.69) is 25.8 Å². The minimum absolute atomic E-state index is 0.117. The van der Waals surface area contributed by atoms with Crippen molar-refractivity contribution in [3.05, 3.63) is 77.9 Å². The molecule has 2 aromatic carbocycles. The molecule has 12 heteroatoms. The van der Waals surface area contributed by atoms with Gasteiger partial charge in [0.2, 0.25) is 5.60 Å². The summed E-state index contributed by atoms with van der Waals surface area (Å²) >= 11 is 0.917. The summed E-state index contributed by atoms with van der Waals surface area (Å²) in [6.07, 6.45) is -3.88. The van der Waals surface area contributed by atoms with E-state index in [4.69, 9.17) is 0 Å². The number of hydrogen-bond acceptors (Lipinski definition) is 6. The van der Waals surface area contributed by atoms with E-state index >= 15 is 0 Å². The van der Waals surface area contributed by atoms with Gasteiger partial charge in [0.25, 0.3) is 0 Å². The maximum absolute atomic E-state index is 13.9. The Labute approximate surface area is 181 Å². The minimum atomic E-state index is -5.07. The van der Waals surface area contributed by atoms with Gasteiger partial charge in [0.15, 0.2) is 5.13 Å². The Morgan fingerprint density at radius 3 is 2.44 bits per heavy atom. The number of amides is 2. The molecule has 0 bridgehead atoms. The Hall–Kier alpha value is -3.64. The third kappa shape index (κ3) is 4.09. The smallest absolute Gasteiger partial charge is 0.371 e. The van der Waals surface area contributed by atoms with Gasteiger partial charge >= 0.3 is 12.2 Å². The molecule has 0 unspecified atom stereocenters. The fraction of sp³-hybridized carbons (Fsp3) is 0.100. The van der Waals surface area contributed by atoms with Crippen LogP contribution in [0.2, 0.25) is 0 Å². The van der Waals surface area contributed by atoms with Crippen LogP contribution >= 0.6 is 11.3 Å². The molecule has 2 heterocycles. The summed E-state index contributed by atoms with van der Waals surface area (Å²) in [7, 11) is 0. The van der Waals surface area contributed by atoms with Gasteiger partial charge in [0.1, 0.15) is 11.5 Å². The van der Waals surface area contributed by atoms with Crippen LogP contribution in [0.4, 0.5) is 33.2 Å². The number of nitrogens with one attached hydrogen (secondary N) is 2. The van der Waals surface area contributed by atoms with Crippen LogP contribution in [0, 0.1) is 5.82 Å². The average Bonchev–Trinajstić information content (AvgIpc) is 3.15. The van der Waals surface area contributed by atoms with Gasteiger partial charge in [0, 0.05) is 17.4 Å². The first-order valence-electron chi connectivity index (χ1n) is 8.99. The Bertz CT molecular complexity index is 1260. The highest BCUT2D eigenvalue weighted by atomic mass is 32.1. The van der Waals surface area contributed by atoms with Crippen molar-refractivity contribution < 1.29 is 27.5 Å². The van der Waals surface area contributed by atoms with Crippen LogP contribution in [0.3, 0.4) is 0 Å². The monoisotopic (exact) mass is 463 g/mol. The van der Waals surface area contributed by atoms with Crippen molar-refractivity contribution in [2.24, 2.45) is 0 Å². The zero-order valence-corrected chi connectivity index (χ0v) is 16.7. The summed E-state index contributed by atoms with van der Waals surface area (Å²) in [5, 5.41) is 22.6. The highest BCUT2D eigenvalue weighted by molar-refractivity contribution is 7.22. The number of carbonyl (C=O) groups excluding carboxylic acids is 1. The molecule has 0 saturated heterocycles. The van der Waals surface area contributed by atoms with Gasteiger partial charge in [0.05, 0.1) is 10.2 Å². The van der Waals surface area contributed by atoms with E-state index in [1.807, 2.05) is 0 Å². The second kappa shape index (κ2) is 8.13. The maximum atomic E-state index is 13.9. The SMILES string of the molecule is O=C(Nc1ccc(F)cc1)Nc1nc2ccc([C@@](O)(c3cccnn3)C(F)(F)F)cc2s1. The number of rotatable bonds is 4. The van der Waals surface area contributed by atoms with Gasteiger partial charge in [-0.05, 0) is 48.5 Å². The molecule has 1 atom stereocenters. The third-order valence-corrected chi connectivity index (χ3v) is 5.42. The van der Waals surface area contributed by atoms with Crippen molar-refractivity contribution in [3.63, 3.8) is 0 Å². The molecule has 32 heavy (non-hydrogen) atoms. The Morgan fingerprint density at radius 2 is 1.78 bits per heavy atom. The van der Waals surface area contributed by atoms with E-state index in [1.165, 1.54) is 42.6 Å². The molecule has 0 aliphatic rings. The lowest BCUT2D eigenvalue weighted by molar-refractivity contribution is -0.250. The zero-order chi connectivity index (χ0) is 22.9. The molecule has 2 amide bonds. The molecular formula is C20H13F4N5O2S. The first kappa shape index (κ1) is 21.6. The summed E-state index contributed by atoms with van der Waals surface area (Å²) < 4.78 is 54.9. The fourth-order valence-electron chi connectivity index (χ4n) is 2.95. The predicted molar refractivity (Wildman–Crippen MR) is 110 cm³/mol. The number of anilines is 2. The van der Waals surface area contributed by atoms with E-state index in [9.17, 15) is 27.5 Å². The quantitative estimate of drug-likeness (QED) is 0.382. The number of alkyl halides is 3. The predicted octanol–water partition coefficient (Wildman–Crippen LogP) is 4.67. The van der Waals surface area contributed by atoms with E-state index in [0.29, 0.717) is 15.9 Å². The largest absolute Gasteiger partial charge is 0.427 e. The standard InChI is InChI=1S/C20H13F4N5O2S/c21-12-4-6-13(7-5-12)26-17(30)28-18-27-14-8-3-11(10-15(14)32-18)19(31,20(22,23)24)16-2-1-9-25-29-16/h1-10,31H,(H2,26,27,28,30)/t19-/m1/s1. The molecule has 2 aromatic heterocycles. The number of benzene rings is 2. The molecule has 0 fully saturated rings. The molecule has 0 spiro atoms. The molecule has 3 N–H and O–H groups in total. The molecule has 0 radical (unpaired) electrons. The Kier molecular flexibility index (Phi) is 5.48. The van der Waals surface area contributed by atoms with Gasteiger partial charge in [-0.2, -0.15) is 23.4 Å². The van der Waals surface area contributed by atoms with Crippen LogP contribution < -0.4 is 10.6 Å². The zero-order valence-electron chi connectivity index (χ0n) is 15.9. The topological polar surface area (TPSA) is 100 Å². The van der Waals surface area contributed by atoms with Crippen molar-refractivity contribution in [1.29, 1.82) is 0 Å². The number of fused-ring (bicyclic) bond motifs is 1. The van der Waals surface area contributed by atoms with Crippen molar-refractivity contribution in [3.8, 4) is 0 Å². The van der Waals surface area contributed by atoms with Gasteiger partial charge in [-0.1, -0.05) is 17.4 Å². The molecule has 4 rings (SSSR count). The van der Waals surface area contributed by atoms with E-state index in [-0.39, 0.29) is 5.13 Å². The lowest BCUT2D eigenvalue weighted by Crippen LogP contribution is -2.44. The maximum Gasteiger partial charge on any atom is 0.427 e. The van der Waals surface area contributed by atoms with Crippen LogP contribution in [-0.4, -0.2) is 32.5 Å². The van der Waals surface area contributed by atoms with Crippen molar-refractivity contribution >= 4 is 38.4 Å². The number of hydrogen-bond donors (Lipinski definition) is 3. The molecule has 0 aliphatic carbocycles. The lowest BCUT2D eigenvalue weighted by Gasteiger charge is -2.29. The number of urea groups is 1. The van der Waals surface area contributed by atoms with Gasteiger partial charge in [-0.3, -0.25) is 5.32 Å². The molecule has 164 valence electrons. The van der Waals surface area contributed by atoms with Crippen LogP contribution in [-0.2, 0) is 5.60 Å². The molecule has 4 aromatic rings. The van der Waals surface area contributed by atoms with E-state index < -0.39 is 34.9 Å². The van der Waals surface area contributed by atoms with Crippen molar-refractivity contribution in [2.75, 3.05) is 10.6 Å². The van der Waals surface area contributed by atoms with E-state index in [0.717, 1.165) is 29.5 Å². The summed E-state index contributed by atoms with van der Waals surface area (Å²) in [4.78, 5) is 16.3. The highest BCUT2D eigenvalue weighted by Gasteiger charge is 2.57. The van der Waals surface area contributed by atoms with Crippen molar-refractivity contribution in [2.45, 2.75) is 11.8 Å². The third-order valence-electron chi connectivity index (χ3n) is 4.48. The minimum Gasteiger partial charge on any atom is -0.371 e. The molecular weight excluding hydrogens is 450 g/mol. The second-order valence-electron chi connectivity index (χ2n) is 6.60. The first-order valence-corrected chi connectivity index (χ1v) is 9.80. The summed E-state index contributed by atoms with van der Waals surface area (Å²) in [6.45, 7) is 0. The molecule has 0 saturated carbocycles. The van der Waals surface area contributed by atoms with Crippen LogP contribution in [0.15, 0.2) is 60.8 Å². The number of aromatic nitrogens is 3. The molecule has 0 aliphatic heterocycles. The lowest BCUT2D eigenvalue weighted by atomic mass is 9.89. The summed E-state index contributed by atoms with van der Waals surface area (Å²) in [6, 6.07) is 10.2. The van der Waals surface area contributed by atoms with Crippen LogP contribution in [0.5, 0.6) is 0 Å². The number of halogens is 4. The van der Waals surface area contributed by atoms with Crippen LogP contribution in [0.1, 0.15) is 11.3 Å². The first-order chi connectivity index (χ1) is 15.2. The number of aliphatic hydroxyl groups is 1. The summed E-state index contributed by atoms with van der Waals surface area (Å²) in [5.74, 6) is -0.460. The van der Waals surface area contributed by atoms with Gasteiger partial charge in [-0.25, -0.2) is 14.2 Å². The normalized spacial score (nSPS) is 13.5. The van der Waals surface area contributed by atoms with E-state index in [1.54, 1.807) is 0 Å². The Morgan fingerprint density at radius 1 is 1.03 bits per heavy atom. The van der Waals surface area contributed by atoms with Crippen molar-refractivity contribution in [1.82, 2.24) is 15.2 Å². The van der Waals surface area contributed by atoms with Crippen LogP contribution in [0.25, 0.3) is 10.2 Å². The number of nitrogens with zero attached hydrogens (tertiary/aromatic N) is 3. The molecule has 7 nitrogen and oxygen atoms in total. The number of thiazole rings is 1. The highest BCUT2D eigenvalue weighted by Crippen LogP contribution is 2.44. The second-order valence-corrected chi connectivity index (χ2v) is 7.64. The number of carbonyl (C=O) groups is 1. The fourth-order valence-corrected chi connectivity index (χ4v) is 3.85. The Balaban J connectivity index is 1.62.